The Kier molecular flexibility index (Phi) is 4.69. The largest absolute Gasteiger partial charge is 0.376 e. The zero-order valence-electron chi connectivity index (χ0n) is 12.0. The van der Waals surface area contributed by atoms with Gasteiger partial charge in [0.05, 0.1) is 18.4 Å². The number of rotatable bonds is 6. The Morgan fingerprint density at radius 1 is 1.41 bits per heavy atom. The first-order chi connectivity index (χ1) is 10.7. The van der Waals surface area contributed by atoms with Crippen LogP contribution in [0.2, 0.25) is 0 Å². The van der Waals surface area contributed by atoms with E-state index < -0.39 is 0 Å². The van der Waals surface area contributed by atoms with Crippen LogP contribution in [-0.2, 0) is 16.1 Å². The van der Waals surface area contributed by atoms with Crippen LogP contribution in [0.5, 0.6) is 0 Å². The molecule has 0 saturated carbocycles. The van der Waals surface area contributed by atoms with E-state index in [0.29, 0.717) is 11.7 Å². The molecule has 3 rings (SSSR count). The average molecular weight is 319 g/mol. The highest BCUT2D eigenvalue weighted by Crippen LogP contribution is 2.26. The topological polar surface area (TPSA) is 95.9 Å². The van der Waals surface area contributed by atoms with Gasteiger partial charge in [-0.1, -0.05) is 11.8 Å². The molecule has 1 unspecified atom stereocenters. The van der Waals surface area contributed by atoms with Gasteiger partial charge in [0, 0.05) is 24.6 Å². The number of carbonyl (C=O) groups excluding carboxylic acids is 1. The predicted molar refractivity (Wildman–Crippen MR) is 82.1 cm³/mol. The second-order valence-electron chi connectivity index (χ2n) is 5.04. The van der Waals surface area contributed by atoms with Gasteiger partial charge in [0.25, 0.3) is 0 Å². The van der Waals surface area contributed by atoms with E-state index in [4.69, 9.17) is 10.5 Å². The van der Waals surface area contributed by atoms with Gasteiger partial charge in [0.2, 0.25) is 5.91 Å². The molecule has 1 fully saturated rings. The standard InChI is InChI=1S/C14H17N5O2S/c15-12(20)9-22-14-18-17-13(10-3-5-16-6-4-10)19(14)8-11-2-1-7-21-11/h3-6,11H,1-2,7-9H2,(H2,15,20). The highest BCUT2D eigenvalue weighted by Gasteiger charge is 2.21. The third-order valence-electron chi connectivity index (χ3n) is 3.41. The normalized spacial score (nSPS) is 17.7. The van der Waals surface area contributed by atoms with Crippen molar-refractivity contribution in [1.29, 1.82) is 0 Å². The molecule has 0 bridgehead atoms. The fourth-order valence-electron chi connectivity index (χ4n) is 2.40. The minimum Gasteiger partial charge on any atom is -0.376 e. The summed E-state index contributed by atoms with van der Waals surface area (Å²) in [5.74, 6) is 0.562. The zero-order chi connectivity index (χ0) is 15.4. The quantitative estimate of drug-likeness (QED) is 0.801. The maximum absolute atomic E-state index is 11.0. The summed E-state index contributed by atoms with van der Waals surface area (Å²) in [6.07, 6.45) is 5.69. The highest BCUT2D eigenvalue weighted by molar-refractivity contribution is 7.99. The number of hydrogen-bond donors (Lipinski definition) is 1. The number of primary amides is 1. The highest BCUT2D eigenvalue weighted by atomic mass is 32.2. The van der Waals surface area contributed by atoms with Crippen LogP contribution in [0, 0.1) is 0 Å². The molecule has 22 heavy (non-hydrogen) atoms. The van der Waals surface area contributed by atoms with Crippen molar-refractivity contribution in [2.45, 2.75) is 30.6 Å². The molecule has 2 aromatic rings. The Balaban J connectivity index is 1.89. The number of ether oxygens (including phenoxy) is 1. The van der Waals surface area contributed by atoms with Crippen LogP contribution < -0.4 is 5.73 Å². The molecule has 1 amide bonds. The van der Waals surface area contributed by atoms with Gasteiger partial charge in [-0.2, -0.15) is 0 Å². The number of amides is 1. The van der Waals surface area contributed by atoms with Gasteiger partial charge in [0.1, 0.15) is 0 Å². The molecular formula is C14H17N5O2S. The van der Waals surface area contributed by atoms with E-state index in [-0.39, 0.29) is 17.8 Å². The van der Waals surface area contributed by atoms with Gasteiger partial charge >= 0.3 is 0 Å². The Hall–Kier alpha value is -1.93. The fourth-order valence-corrected chi connectivity index (χ4v) is 3.09. The SMILES string of the molecule is NC(=O)CSc1nnc(-c2ccncc2)n1CC1CCCO1. The van der Waals surface area contributed by atoms with Gasteiger partial charge < -0.3 is 10.5 Å². The number of hydrogen-bond acceptors (Lipinski definition) is 6. The first kappa shape index (κ1) is 15.0. The molecule has 0 aromatic carbocycles. The maximum atomic E-state index is 11.0. The summed E-state index contributed by atoms with van der Waals surface area (Å²) in [4.78, 5) is 15.0. The van der Waals surface area contributed by atoms with E-state index >= 15 is 0 Å². The van der Waals surface area contributed by atoms with Crippen LogP contribution in [0.15, 0.2) is 29.7 Å². The van der Waals surface area contributed by atoms with Gasteiger partial charge in [0.15, 0.2) is 11.0 Å². The van der Waals surface area contributed by atoms with Crippen LogP contribution in [0.4, 0.5) is 0 Å². The summed E-state index contributed by atoms with van der Waals surface area (Å²) in [7, 11) is 0. The number of pyridine rings is 1. The summed E-state index contributed by atoms with van der Waals surface area (Å²) < 4.78 is 7.71. The van der Waals surface area contributed by atoms with Crippen molar-refractivity contribution in [3.63, 3.8) is 0 Å². The minimum atomic E-state index is -0.373. The minimum absolute atomic E-state index is 0.157. The first-order valence-corrected chi connectivity index (χ1v) is 8.09. The molecule has 2 N–H and O–H groups in total. The fraction of sp³-hybridized carbons (Fsp3) is 0.429. The van der Waals surface area contributed by atoms with Crippen LogP contribution in [-0.4, -0.2) is 44.1 Å². The molecular weight excluding hydrogens is 302 g/mol. The van der Waals surface area contributed by atoms with E-state index in [1.807, 2.05) is 16.7 Å². The lowest BCUT2D eigenvalue weighted by molar-refractivity contribution is -0.115. The Labute approximate surface area is 132 Å². The zero-order valence-corrected chi connectivity index (χ0v) is 12.8. The molecule has 1 aliphatic rings. The molecule has 0 spiro atoms. The van der Waals surface area contributed by atoms with Crippen molar-refractivity contribution in [2.24, 2.45) is 5.73 Å². The second kappa shape index (κ2) is 6.89. The Morgan fingerprint density at radius 2 is 2.23 bits per heavy atom. The van der Waals surface area contributed by atoms with Crippen LogP contribution >= 0.6 is 11.8 Å². The van der Waals surface area contributed by atoms with E-state index in [0.717, 1.165) is 30.8 Å². The Morgan fingerprint density at radius 3 is 2.91 bits per heavy atom. The van der Waals surface area contributed by atoms with E-state index in [1.165, 1.54) is 11.8 Å². The smallest absolute Gasteiger partial charge is 0.227 e. The molecule has 3 heterocycles. The maximum Gasteiger partial charge on any atom is 0.227 e. The van der Waals surface area contributed by atoms with Gasteiger partial charge in [-0.25, -0.2) is 0 Å². The molecule has 7 nitrogen and oxygen atoms in total. The van der Waals surface area contributed by atoms with Crippen LogP contribution in [0.1, 0.15) is 12.8 Å². The molecule has 116 valence electrons. The number of carbonyl (C=O) groups is 1. The van der Waals surface area contributed by atoms with Crippen molar-refractivity contribution in [2.75, 3.05) is 12.4 Å². The second-order valence-corrected chi connectivity index (χ2v) is 5.99. The summed E-state index contributed by atoms with van der Waals surface area (Å²) in [6, 6.07) is 3.77. The molecule has 1 aliphatic heterocycles. The monoisotopic (exact) mass is 319 g/mol. The van der Waals surface area contributed by atoms with Crippen LogP contribution in [0.25, 0.3) is 11.4 Å². The number of thioether (sulfide) groups is 1. The van der Waals surface area contributed by atoms with Crippen molar-refractivity contribution in [3.8, 4) is 11.4 Å². The summed E-state index contributed by atoms with van der Waals surface area (Å²) in [5.41, 5.74) is 6.16. The molecule has 2 aromatic heterocycles. The summed E-state index contributed by atoms with van der Waals surface area (Å²) in [6.45, 7) is 1.47. The number of nitrogens with zero attached hydrogens (tertiary/aromatic N) is 4. The van der Waals surface area contributed by atoms with E-state index in [9.17, 15) is 4.79 Å². The first-order valence-electron chi connectivity index (χ1n) is 7.10. The average Bonchev–Trinajstić information content (AvgIpc) is 3.16. The van der Waals surface area contributed by atoms with Gasteiger partial charge in [-0.15, -0.1) is 10.2 Å². The van der Waals surface area contributed by atoms with E-state index in [2.05, 4.69) is 15.2 Å². The summed E-state index contributed by atoms with van der Waals surface area (Å²) >= 11 is 1.30. The van der Waals surface area contributed by atoms with Crippen molar-refractivity contribution in [1.82, 2.24) is 19.7 Å². The molecule has 0 radical (unpaired) electrons. The number of nitrogens with two attached hydrogens (primary N) is 1. The predicted octanol–water partition coefficient (Wildman–Crippen LogP) is 1.10. The number of aromatic nitrogens is 4. The lowest BCUT2D eigenvalue weighted by Gasteiger charge is -2.14. The van der Waals surface area contributed by atoms with Gasteiger partial charge in [-0.3, -0.25) is 14.3 Å². The Bertz CT molecular complexity index is 640. The molecule has 8 heteroatoms. The third-order valence-corrected chi connectivity index (χ3v) is 4.40. The van der Waals surface area contributed by atoms with Crippen molar-refractivity contribution >= 4 is 17.7 Å². The lowest BCUT2D eigenvalue weighted by atomic mass is 10.2. The van der Waals surface area contributed by atoms with Crippen molar-refractivity contribution < 1.29 is 9.53 Å². The van der Waals surface area contributed by atoms with Gasteiger partial charge in [-0.05, 0) is 25.0 Å². The summed E-state index contributed by atoms with van der Waals surface area (Å²) in [5, 5.41) is 9.14. The molecule has 0 aliphatic carbocycles. The lowest BCUT2D eigenvalue weighted by Crippen LogP contribution is -2.18. The van der Waals surface area contributed by atoms with Crippen LogP contribution in [0.3, 0.4) is 0 Å². The molecule has 1 atom stereocenters. The third kappa shape index (κ3) is 3.45. The van der Waals surface area contributed by atoms with Crippen molar-refractivity contribution in [3.05, 3.63) is 24.5 Å². The van der Waals surface area contributed by atoms with E-state index in [1.54, 1.807) is 12.4 Å². The molecule has 1 saturated heterocycles.